The van der Waals surface area contributed by atoms with Crippen molar-refractivity contribution in [3.63, 3.8) is 0 Å². The lowest BCUT2D eigenvalue weighted by Gasteiger charge is -2.24. The molecule has 7 nitrogen and oxygen atoms in total. The van der Waals surface area contributed by atoms with Gasteiger partial charge in [-0.2, -0.15) is 0 Å². The summed E-state index contributed by atoms with van der Waals surface area (Å²) in [7, 11) is 0. The number of amidine groups is 1. The van der Waals surface area contributed by atoms with Crippen molar-refractivity contribution >= 4 is 40.5 Å². The summed E-state index contributed by atoms with van der Waals surface area (Å²) in [4.78, 5) is 31.8. The van der Waals surface area contributed by atoms with E-state index in [1.54, 1.807) is 23.1 Å². The first-order valence-corrected chi connectivity index (χ1v) is 12.4. The fraction of sp³-hybridized carbons (Fsp3) is 0.179. The number of aliphatic imine (C=N–C) groups is 1. The van der Waals surface area contributed by atoms with Crippen molar-refractivity contribution in [2.24, 2.45) is 10.7 Å². The van der Waals surface area contributed by atoms with E-state index in [0.29, 0.717) is 28.2 Å². The van der Waals surface area contributed by atoms with Gasteiger partial charge in [-0.25, -0.2) is 4.99 Å². The Hall–Kier alpha value is -4.04. The molecule has 2 amide bonds. The predicted molar refractivity (Wildman–Crippen MR) is 143 cm³/mol. The van der Waals surface area contributed by atoms with Crippen LogP contribution < -0.4 is 15.2 Å². The number of carbonyl (C=O) groups excluding carboxylic acids is 2. The van der Waals surface area contributed by atoms with Crippen LogP contribution in [0, 0.1) is 0 Å². The molecule has 0 radical (unpaired) electrons. The Balaban J connectivity index is 1.69. The number of nitrogens with zero attached hydrogens (tertiary/aromatic N) is 2. The predicted octanol–water partition coefficient (Wildman–Crippen LogP) is 5.31. The summed E-state index contributed by atoms with van der Waals surface area (Å²) in [6.45, 7) is 4.02. The third-order valence-corrected chi connectivity index (χ3v) is 6.41. The van der Waals surface area contributed by atoms with Crippen molar-refractivity contribution in [1.29, 1.82) is 0 Å². The second-order valence-corrected chi connectivity index (χ2v) is 9.01. The lowest BCUT2D eigenvalue weighted by molar-refractivity contribution is -0.123. The van der Waals surface area contributed by atoms with Crippen LogP contribution in [0.15, 0.2) is 88.8 Å². The molecule has 1 atom stereocenters. The maximum atomic E-state index is 13.6. The van der Waals surface area contributed by atoms with Crippen molar-refractivity contribution in [1.82, 2.24) is 4.90 Å². The number of rotatable bonds is 9. The molecule has 1 aliphatic rings. The molecule has 1 fully saturated rings. The van der Waals surface area contributed by atoms with Gasteiger partial charge in [-0.3, -0.25) is 14.5 Å². The fourth-order valence-corrected chi connectivity index (χ4v) is 4.77. The van der Waals surface area contributed by atoms with E-state index in [0.717, 1.165) is 16.8 Å². The first-order chi connectivity index (χ1) is 17.5. The van der Waals surface area contributed by atoms with Gasteiger partial charge in [-0.1, -0.05) is 54.6 Å². The Morgan fingerprint density at radius 2 is 1.72 bits per heavy atom. The summed E-state index contributed by atoms with van der Waals surface area (Å²) in [6, 6.07) is 24.5. The number of hydrogen-bond donors (Lipinski definition) is 1. The second-order valence-electron chi connectivity index (χ2n) is 8.00. The highest BCUT2D eigenvalue weighted by molar-refractivity contribution is 8.18. The zero-order valence-corrected chi connectivity index (χ0v) is 20.9. The molecule has 0 bridgehead atoms. The molecule has 0 spiro atoms. The molecule has 0 saturated carbocycles. The maximum Gasteiger partial charge on any atom is 0.267 e. The lowest BCUT2D eigenvalue weighted by atomic mass is 10.1. The molecular formula is C28H27N3O4S. The summed E-state index contributed by atoms with van der Waals surface area (Å²) in [5, 5.41) is 0.611. The van der Waals surface area contributed by atoms with Gasteiger partial charge in [0.25, 0.3) is 11.8 Å². The minimum absolute atomic E-state index is 0.127. The number of para-hydroxylation sites is 1. The number of ether oxygens (including phenoxy) is 2. The van der Waals surface area contributed by atoms with Gasteiger partial charge in [-0.15, -0.1) is 0 Å². The van der Waals surface area contributed by atoms with Crippen molar-refractivity contribution in [3.05, 3.63) is 94.9 Å². The zero-order valence-electron chi connectivity index (χ0n) is 20.1. The molecule has 8 heteroatoms. The summed E-state index contributed by atoms with van der Waals surface area (Å²) >= 11 is 1.33. The van der Waals surface area contributed by atoms with Crippen LogP contribution in [-0.2, 0) is 9.59 Å². The van der Waals surface area contributed by atoms with Gasteiger partial charge in [-0.05, 0) is 67.1 Å². The number of hydrogen-bond acceptors (Lipinski definition) is 6. The van der Waals surface area contributed by atoms with E-state index < -0.39 is 5.91 Å². The van der Waals surface area contributed by atoms with Crippen LogP contribution in [-0.4, -0.2) is 35.1 Å². The number of primary amides is 1. The molecule has 3 aromatic rings. The Kier molecular flexibility index (Phi) is 8.07. The van der Waals surface area contributed by atoms with Crippen LogP contribution in [0.1, 0.15) is 31.0 Å². The Labute approximate surface area is 214 Å². The SMILES string of the molecule is CCOc1cc(/C=C2/SC(=Nc3ccccc3)N([C@@H](C)c3ccccc3)C2=O)ccc1OCC(N)=O. The van der Waals surface area contributed by atoms with E-state index in [1.165, 1.54) is 11.8 Å². The van der Waals surface area contributed by atoms with Crippen molar-refractivity contribution in [2.75, 3.05) is 13.2 Å². The summed E-state index contributed by atoms with van der Waals surface area (Å²) < 4.78 is 11.1. The van der Waals surface area contributed by atoms with Crippen LogP contribution in [0.25, 0.3) is 6.08 Å². The third-order valence-electron chi connectivity index (χ3n) is 5.42. The van der Waals surface area contributed by atoms with E-state index in [2.05, 4.69) is 0 Å². The van der Waals surface area contributed by atoms with E-state index in [-0.39, 0.29) is 18.6 Å². The average molecular weight is 502 g/mol. The fourth-order valence-electron chi connectivity index (χ4n) is 3.70. The summed E-state index contributed by atoms with van der Waals surface area (Å²) in [5.74, 6) is 0.178. The molecule has 2 N–H and O–H groups in total. The third kappa shape index (κ3) is 5.95. The van der Waals surface area contributed by atoms with Gasteiger partial charge in [0.05, 0.1) is 23.2 Å². The van der Waals surface area contributed by atoms with Gasteiger partial charge in [0.2, 0.25) is 0 Å². The molecule has 1 aliphatic heterocycles. The average Bonchev–Trinajstić information content (AvgIpc) is 3.18. The quantitative estimate of drug-likeness (QED) is 0.401. The standard InChI is InChI=1S/C28H27N3O4S/c1-3-34-24-16-20(14-15-23(24)35-18-26(29)32)17-25-27(33)31(19(2)21-10-6-4-7-11-21)28(36-25)30-22-12-8-5-9-13-22/h4-17,19H,3,18H2,1-2H3,(H2,29,32)/b25-17+,30-28?/t19-/m0/s1. The highest BCUT2D eigenvalue weighted by Crippen LogP contribution is 2.40. The Bertz CT molecular complexity index is 1290. The minimum atomic E-state index is -0.575. The molecular weight excluding hydrogens is 474 g/mol. The van der Waals surface area contributed by atoms with Crippen LogP contribution in [0.5, 0.6) is 11.5 Å². The Morgan fingerprint density at radius 3 is 2.39 bits per heavy atom. The normalized spacial score (nSPS) is 16.4. The molecule has 184 valence electrons. The minimum Gasteiger partial charge on any atom is -0.490 e. The molecule has 3 aromatic carbocycles. The van der Waals surface area contributed by atoms with E-state index >= 15 is 0 Å². The molecule has 0 unspecified atom stereocenters. The zero-order chi connectivity index (χ0) is 25.5. The van der Waals surface area contributed by atoms with Crippen molar-refractivity contribution in [2.45, 2.75) is 19.9 Å². The lowest BCUT2D eigenvalue weighted by Crippen LogP contribution is -2.32. The highest BCUT2D eigenvalue weighted by Gasteiger charge is 2.37. The van der Waals surface area contributed by atoms with Crippen molar-refractivity contribution in [3.8, 4) is 11.5 Å². The largest absolute Gasteiger partial charge is 0.490 e. The van der Waals surface area contributed by atoms with Gasteiger partial charge in [0, 0.05) is 0 Å². The van der Waals surface area contributed by atoms with E-state index in [1.807, 2.05) is 80.6 Å². The summed E-state index contributed by atoms with van der Waals surface area (Å²) in [5.41, 5.74) is 7.74. The molecule has 1 heterocycles. The number of nitrogens with two attached hydrogens (primary N) is 1. The van der Waals surface area contributed by atoms with E-state index in [4.69, 9.17) is 20.2 Å². The van der Waals surface area contributed by atoms with Gasteiger partial charge in [0.1, 0.15) is 0 Å². The summed E-state index contributed by atoms with van der Waals surface area (Å²) in [6.07, 6.45) is 1.81. The smallest absolute Gasteiger partial charge is 0.267 e. The first kappa shape index (κ1) is 25.1. The van der Waals surface area contributed by atoms with Gasteiger partial charge >= 0.3 is 0 Å². The van der Waals surface area contributed by atoms with Crippen molar-refractivity contribution < 1.29 is 19.1 Å². The molecule has 4 rings (SSSR count). The maximum absolute atomic E-state index is 13.6. The Morgan fingerprint density at radius 1 is 1.03 bits per heavy atom. The monoisotopic (exact) mass is 501 g/mol. The number of benzene rings is 3. The van der Waals surface area contributed by atoms with Crippen LogP contribution in [0.4, 0.5) is 5.69 Å². The second kappa shape index (κ2) is 11.6. The molecule has 1 saturated heterocycles. The number of thioether (sulfide) groups is 1. The molecule has 0 aromatic heterocycles. The number of carbonyl (C=O) groups is 2. The topological polar surface area (TPSA) is 94.2 Å². The molecule has 36 heavy (non-hydrogen) atoms. The molecule has 0 aliphatic carbocycles. The van der Waals surface area contributed by atoms with Crippen LogP contribution in [0.2, 0.25) is 0 Å². The van der Waals surface area contributed by atoms with Gasteiger partial charge < -0.3 is 15.2 Å². The first-order valence-electron chi connectivity index (χ1n) is 11.6. The highest BCUT2D eigenvalue weighted by atomic mass is 32.2. The van der Waals surface area contributed by atoms with Gasteiger partial charge in [0.15, 0.2) is 23.3 Å². The van der Waals surface area contributed by atoms with E-state index in [9.17, 15) is 9.59 Å². The van der Waals surface area contributed by atoms with Crippen LogP contribution >= 0.6 is 11.8 Å². The number of amides is 2. The van der Waals surface area contributed by atoms with Crippen LogP contribution in [0.3, 0.4) is 0 Å².